The quantitative estimate of drug-likeness (QED) is 0.797. The lowest BCUT2D eigenvalue weighted by Gasteiger charge is -2.28. The van der Waals surface area contributed by atoms with E-state index in [1.54, 1.807) is 6.20 Å². The number of benzene rings is 1. The van der Waals surface area contributed by atoms with E-state index < -0.39 is 23.6 Å². The van der Waals surface area contributed by atoms with Crippen molar-refractivity contribution in [3.8, 4) is 0 Å². The van der Waals surface area contributed by atoms with Gasteiger partial charge in [-0.05, 0) is 29.7 Å². The molecule has 0 radical (unpaired) electrons. The molecule has 0 bridgehead atoms. The zero-order chi connectivity index (χ0) is 18.9. The molecule has 0 spiro atoms. The number of carbonyl (C=O) groups excluding carboxylic acids is 1. The van der Waals surface area contributed by atoms with E-state index in [2.05, 4.69) is 15.3 Å². The first-order chi connectivity index (χ1) is 12.2. The Morgan fingerprint density at radius 3 is 2.81 bits per heavy atom. The lowest BCUT2D eigenvalue weighted by molar-refractivity contribution is -0.140. The minimum Gasteiger partial charge on any atom is -0.368 e. The van der Waals surface area contributed by atoms with E-state index >= 15 is 0 Å². The van der Waals surface area contributed by atoms with Gasteiger partial charge in [0.25, 0.3) is 0 Å². The van der Waals surface area contributed by atoms with Crippen LogP contribution in [0.3, 0.4) is 0 Å². The number of nitrogen functional groups attached to an aromatic ring is 1. The summed E-state index contributed by atoms with van der Waals surface area (Å²) >= 11 is 0. The molecule has 0 saturated heterocycles. The van der Waals surface area contributed by atoms with Crippen LogP contribution in [0.2, 0.25) is 0 Å². The van der Waals surface area contributed by atoms with Crippen LogP contribution < -0.4 is 11.1 Å². The Kier molecular flexibility index (Phi) is 4.66. The van der Waals surface area contributed by atoms with Crippen LogP contribution >= 0.6 is 0 Å². The molecule has 0 unspecified atom stereocenters. The van der Waals surface area contributed by atoms with Crippen molar-refractivity contribution in [1.29, 1.82) is 0 Å². The molecule has 0 saturated carbocycles. The number of nitrogens with zero attached hydrogens (tertiary/aromatic N) is 3. The summed E-state index contributed by atoms with van der Waals surface area (Å²) in [5, 5.41) is 2.56. The van der Waals surface area contributed by atoms with Gasteiger partial charge < -0.3 is 16.0 Å². The summed E-state index contributed by atoms with van der Waals surface area (Å²) in [5.41, 5.74) is 5.99. The molecule has 0 aliphatic carbocycles. The third-order valence-corrected chi connectivity index (χ3v) is 4.03. The number of fused-ring (bicyclic) bond motifs is 1. The molecule has 0 fully saturated rings. The number of hydrogen-bond donors (Lipinski definition) is 2. The topological polar surface area (TPSA) is 84.1 Å². The number of nitrogens with two attached hydrogens (primary N) is 1. The van der Waals surface area contributed by atoms with Crippen molar-refractivity contribution in [2.75, 3.05) is 12.3 Å². The second-order valence-corrected chi connectivity index (χ2v) is 5.84. The van der Waals surface area contributed by atoms with Crippen LogP contribution in [-0.2, 0) is 25.7 Å². The van der Waals surface area contributed by atoms with Crippen LogP contribution in [0.5, 0.6) is 0 Å². The molecular weight excluding hydrogens is 354 g/mol. The van der Waals surface area contributed by atoms with Gasteiger partial charge in [0, 0.05) is 19.3 Å². The Hall–Kier alpha value is -2.91. The van der Waals surface area contributed by atoms with E-state index in [0.717, 1.165) is 17.7 Å². The molecular formula is C16H15F4N5O. The maximum Gasteiger partial charge on any atom is 0.419 e. The van der Waals surface area contributed by atoms with Crippen molar-refractivity contribution in [1.82, 2.24) is 20.2 Å². The van der Waals surface area contributed by atoms with Gasteiger partial charge in [0.1, 0.15) is 5.82 Å². The number of amides is 2. The average Bonchev–Trinajstić information content (AvgIpc) is 2.57. The van der Waals surface area contributed by atoms with Gasteiger partial charge in [0.2, 0.25) is 5.95 Å². The molecule has 3 rings (SSSR count). The van der Waals surface area contributed by atoms with E-state index in [1.807, 2.05) is 0 Å². The number of carbonyl (C=O) groups is 1. The average molecular weight is 369 g/mol. The lowest BCUT2D eigenvalue weighted by atomic mass is 10.1. The Balaban J connectivity index is 1.62. The Labute approximate surface area is 146 Å². The minimum atomic E-state index is -4.75. The number of hydrogen-bond acceptors (Lipinski definition) is 4. The van der Waals surface area contributed by atoms with Crippen molar-refractivity contribution in [3.63, 3.8) is 0 Å². The first-order valence-electron chi connectivity index (χ1n) is 7.72. The van der Waals surface area contributed by atoms with Gasteiger partial charge in [0.05, 0.1) is 17.8 Å². The molecule has 6 nitrogen and oxygen atoms in total. The molecule has 138 valence electrons. The highest BCUT2D eigenvalue weighted by Crippen LogP contribution is 2.31. The number of aromatic nitrogens is 2. The van der Waals surface area contributed by atoms with Crippen molar-refractivity contribution in [2.24, 2.45) is 0 Å². The van der Waals surface area contributed by atoms with Crippen molar-refractivity contribution in [3.05, 3.63) is 52.6 Å². The van der Waals surface area contributed by atoms with Gasteiger partial charge in [-0.1, -0.05) is 6.07 Å². The number of urea groups is 1. The number of alkyl halides is 3. The molecule has 2 aromatic rings. The molecule has 10 heteroatoms. The van der Waals surface area contributed by atoms with Crippen LogP contribution in [0.1, 0.15) is 22.4 Å². The Bertz CT molecular complexity index is 840. The van der Waals surface area contributed by atoms with E-state index in [9.17, 15) is 22.4 Å². The zero-order valence-corrected chi connectivity index (χ0v) is 13.5. The van der Waals surface area contributed by atoms with Crippen molar-refractivity contribution in [2.45, 2.75) is 25.7 Å². The Morgan fingerprint density at radius 2 is 2.12 bits per heavy atom. The summed E-state index contributed by atoms with van der Waals surface area (Å²) in [4.78, 5) is 21.7. The molecule has 1 aliphatic heterocycles. The zero-order valence-electron chi connectivity index (χ0n) is 13.5. The highest BCUT2D eigenvalue weighted by atomic mass is 19.4. The fraction of sp³-hybridized carbons (Fsp3) is 0.312. The van der Waals surface area contributed by atoms with Crippen LogP contribution in [-0.4, -0.2) is 27.4 Å². The second-order valence-electron chi connectivity index (χ2n) is 5.84. The van der Waals surface area contributed by atoms with Gasteiger partial charge in [-0.3, -0.25) is 0 Å². The Morgan fingerprint density at radius 1 is 1.35 bits per heavy atom. The van der Waals surface area contributed by atoms with Gasteiger partial charge in [-0.25, -0.2) is 19.2 Å². The molecule has 2 heterocycles. The van der Waals surface area contributed by atoms with E-state index in [-0.39, 0.29) is 24.6 Å². The van der Waals surface area contributed by atoms with Crippen molar-refractivity contribution >= 4 is 12.0 Å². The first kappa shape index (κ1) is 17.9. The number of rotatable bonds is 2. The second kappa shape index (κ2) is 6.77. The maximum atomic E-state index is 13.6. The largest absolute Gasteiger partial charge is 0.419 e. The summed E-state index contributed by atoms with van der Waals surface area (Å²) in [6.07, 6.45) is -2.56. The number of anilines is 1. The predicted octanol–water partition coefficient (Wildman–Crippen LogP) is 2.48. The number of halogens is 4. The standard InChI is InChI=1S/C16H15F4N5O/c17-12-5-9(1-2-11(12)16(18,19)20)6-23-15(26)25-4-3-10-7-22-14(21)24-13(10)8-25/h1-2,5,7H,3-4,6,8H2,(H,23,26)(H2,21,22,24). The van der Waals surface area contributed by atoms with Gasteiger partial charge >= 0.3 is 12.2 Å². The van der Waals surface area contributed by atoms with Gasteiger partial charge in [0.15, 0.2) is 0 Å². The highest BCUT2D eigenvalue weighted by molar-refractivity contribution is 5.74. The highest BCUT2D eigenvalue weighted by Gasteiger charge is 2.33. The fourth-order valence-electron chi connectivity index (χ4n) is 2.68. The van der Waals surface area contributed by atoms with Crippen LogP contribution in [0, 0.1) is 5.82 Å². The van der Waals surface area contributed by atoms with Crippen LogP contribution in [0.15, 0.2) is 24.4 Å². The van der Waals surface area contributed by atoms with Gasteiger partial charge in [-0.2, -0.15) is 13.2 Å². The summed E-state index contributed by atoms with van der Waals surface area (Å²) < 4.78 is 51.2. The lowest BCUT2D eigenvalue weighted by Crippen LogP contribution is -2.42. The summed E-state index contributed by atoms with van der Waals surface area (Å²) in [6.45, 7) is 0.589. The smallest absolute Gasteiger partial charge is 0.368 e. The van der Waals surface area contributed by atoms with Crippen LogP contribution in [0.25, 0.3) is 0 Å². The summed E-state index contributed by atoms with van der Waals surface area (Å²) in [7, 11) is 0. The first-order valence-corrected chi connectivity index (χ1v) is 7.72. The normalized spacial score (nSPS) is 14.1. The molecule has 1 aromatic heterocycles. The maximum absolute atomic E-state index is 13.6. The molecule has 3 N–H and O–H groups in total. The third-order valence-electron chi connectivity index (χ3n) is 4.03. The monoisotopic (exact) mass is 369 g/mol. The number of nitrogens with one attached hydrogen (secondary N) is 1. The van der Waals surface area contributed by atoms with Gasteiger partial charge in [-0.15, -0.1) is 0 Å². The van der Waals surface area contributed by atoms with E-state index in [0.29, 0.717) is 24.7 Å². The SMILES string of the molecule is Nc1ncc2c(n1)CN(C(=O)NCc1ccc(C(F)(F)F)c(F)c1)CC2. The third kappa shape index (κ3) is 3.84. The molecule has 0 atom stereocenters. The molecule has 1 aromatic carbocycles. The summed E-state index contributed by atoms with van der Waals surface area (Å²) in [5.74, 6) is -1.26. The van der Waals surface area contributed by atoms with Crippen molar-refractivity contribution < 1.29 is 22.4 Å². The van der Waals surface area contributed by atoms with E-state index in [4.69, 9.17) is 5.73 Å². The fourth-order valence-corrected chi connectivity index (χ4v) is 2.68. The molecule has 26 heavy (non-hydrogen) atoms. The van der Waals surface area contributed by atoms with E-state index in [1.165, 1.54) is 4.90 Å². The minimum absolute atomic E-state index is 0.0941. The van der Waals surface area contributed by atoms with Crippen LogP contribution in [0.4, 0.5) is 28.3 Å². The summed E-state index contributed by atoms with van der Waals surface area (Å²) in [6, 6.07) is 2.13. The molecule has 2 amide bonds. The molecule has 1 aliphatic rings. The predicted molar refractivity (Wildman–Crippen MR) is 84.2 cm³/mol.